The normalized spacial score (nSPS) is 10.5. The predicted octanol–water partition coefficient (Wildman–Crippen LogP) is 3.69. The molecule has 3 aromatic rings. The molecule has 1 aromatic heterocycles. The fourth-order valence-electron chi connectivity index (χ4n) is 2.02. The van der Waals surface area contributed by atoms with E-state index in [1.165, 1.54) is 24.3 Å². The number of rotatable bonds is 4. The Kier molecular flexibility index (Phi) is 4.14. The predicted molar refractivity (Wildman–Crippen MR) is 83.5 cm³/mol. The number of aromatic nitrogens is 2. The minimum atomic E-state index is -0.348. The highest BCUT2D eigenvalue weighted by Gasteiger charge is 2.10. The standard InChI is InChI=1S/C17H14FN3O2/c1-2-15-20-16(21-23-15)11-3-5-12(6-4-11)17(22)19-14-9-7-13(18)8-10-14/h3-10H,2H2,1H3,(H,19,22). The summed E-state index contributed by atoms with van der Waals surface area (Å²) in [6.45, 7) is 1.93. The van der Waals surface area contributed by atoms with Crippen LogP contribution in [0, 0.1) is 5.82 Å². The summed E-state index contributed by atoms with van der Waals surface area (Å²) in [5.74, 6) is 0.440. The van der Waals surface area contributed by atoms with Crippen LogP contribution in [0.5, 0.6) is 0 Å². The first-order valence-corrected chi connectivity index (χ1v) is 7.15. The molecular formula is C17H14FN3O2. The number of halogens is 1. The second kappa shape index (κ2) is 6.39. The van der Waals surface area contributed by atoms with Gasteiger partial charge >= 0.3 is 0 Å². The molecule has 0 saturated carbocycles. The Morgan fingerprint density at radius 1 is 1.13 bits per heavy atom. The first-order chi connectivity index (χ1) is 11.2. The molecule has 0 radical (unpaired) electrons. The molecule has 0 spiro atoms. The van der Waals surface area contributed by atoms with E-state index in [2.05, 4.69) is 15.5 Å². The van der Waals surface area contributed by atoms with Gasteiger partial charge in [0.05, 0.1) is 0 Å². The molecule has 0 saturated heterocycles. The maximum absolute atomic E-state index is 12.8. The number of nitrogens with one attached hydrogen (secondary N) is 1. The van der Waals surface area contributed by atoms with Crippen molar-refractivity contribution in [3.63, 3.8) is 0 Å². The average Bonchev–Trinajstić information content (AvgIpc) is 3.06. The van der Waals surface area contributed by atoms with Crippen LogP contribution in [-0.2, 0) is 6.42 Å². The van der Waals surface area contributed by atoms with Crippen molar-refractivity contribution in [3.05, 3.63) is 65.8 Å². The van der Waals surface area contributed by atoms with Crippen LogP contribution in [0.15, 0.2) is 53.1 Å². The van der Waals surface area contributed by atoms with Crippen LogP contribution in [0.3, 0.4) is 0 Å². The highest BCUT2D eigenvalue weighted by Crippen LogP contribution is 2.18. The lowest BCUT2D eigenvalue weighted by Crippen LogP contribution is -2.11. The number of aryl methyl sites for hydroxylation is 1. The number of hydrogen-bond donors (Lipinski definition) is 1. The van der Waals surface area contributed by atoms with Gasteiger partial charge in [-0.15, -0.1) is 0 Å². The van der Waals surface area contributed by atoms with Gasteiger partial charge in [0.15, 0.2) is 0 Å². The number of benzene rings is 2. The molecule has 3 rings (SSSR count). The summed E-state index contributed by atoms with van der Waals surface area (Å²) in [5.41, 5.74) is 1.79. The van der Waals surface area contributed by atoms with E-state index >= 15 is 0 Å². The zero-order valence-electron chi connectivity index (χ0n) is 12.4. The van der Waals surface area contributed by atoms with Gasteiger partial charge in [-0.3, -0.25) is 4.79 Å². The topological polar surface area (TPSA) is 68.0 Å². The van der Waals surface area contributed by atoms with E-state index in [-0.39, 0.29) is 11.7 Å². The van der Waals surface area contributed by atoms with Crippen molar-refractivity contribution in [2.75, 3.05) is 5.32 Å². The molecule has 0 aliphatic carbocycles. The van der Waals surface area contributed by atoms with E-state index in [1.54, 1.807) is 24.3 Å². The molecule has 6 heteroatoms. The third-order valence-corrected chi connectivity index (χ3v) is 3.28. The molecule has 2 aromatic carbocycles. The molecule has 0 aliphatic heterocycles. The van der Waals surface area contributed by atoms with Crippen LogP contribution in [-0.4, -0.2) is 16.0 Å². The van der Waals surface area contributed by atoms with Gasteiger partial charge in [0.1, 0.15) is 5.82 Å². The molecule has 1 N–H and O–H groups in total. The van der Waals surface area contributed by atoms with E-state index in [0.29, 0.717) is 29.4 Å². The highest BCUT2D eigenvalue weighted by molar-refractivity contribution is 6.04. The van der Waals surface area contributed by atoms with Gasteiger partial charge in [0.25, 0.3) is 5.91 Å². The maximum Gasteiger partial charge on any atom is 0.255 e. The van der Waals surface area contributed by atoms with Crippen molar-refractivity contribution in [3.8, 4) is 11.4 Å². The fourth-order valence-corrected chi connectivity index (χ4v) is 2.02. The molecular weight excluding hydrogens is 297 g/mol. The first kappa shape index (κ1) is 14.9. The van der Waals surface area contributed by atoms with Gasteiger partial charge in [-0.1, -0.05) is 24.2 Å². The Hall–Kier alpha value is -3.02. The lowest BCUT2D eigenvalue weighted by atomic mass is 10.1. The van der Waals surface area contributed by atoms with Crippen LogP contribution >= 0.6 is 0 Å². The van der Waals surface area contributed by atoms with Crippen LogP contribution in [0.25, 0.3) is 11.4 Å². The van der Waals surface area contributed by atoms with Crippen molar-refractivity contribution in [1.82, 2.24) is 10.1 Å². The van der Waals surface area contributed by atoms with Gasteiger partial charge in [-0.25, -0.2) is 4.39 Å². The summed E-state index contributed by atoms with van der Waals surface area (Å²) in [4.78, 5) is 16.4. The third kappa shape index (κ3) is 3.42. The summed E-state index contributed by atoms with van der Waals surface area (Å²) < 4.78 is 17.9. The molecule has 0 atom stereocenters. The van der Waals surface area contributed by atoms with Crippen LogP contribution < -0.4 is 5.32 Å². The van der Waals surface area contributed by atoms with Crippen molar-refractivity contribution in [1.29, 1.82) is 0 Å². The van der Waals surface area contributed by atoms with Gasteiger partial charge in [0, 0.05) is 23.2 Å². The van der Waals surface area contributed by atoms with Crippen LogP contribution in [0.1, 0.15) is 23.2 Å². The summed E-state index contributed by atoms with van der Waals surface area (Å²) in [6, 6.07) is 12.5. The van der Waals surface area contributed by atoms with Crippen molar-refractivity contribution < 1.29 is 13.7 Å². The second-order valence-corrected chi connectivity index (χ2v) is 4.90. The molecule has 1 heterocycles. The first-order valence-electron chi connectivity index (χ1n) is 7.15. The monoisotopic (exact) mass is 311 g/mol. The number of carbonyl (C=O) groups excluding carboxylic acids is 1. The summed E-state index contributed by atoms with van der Waals surface area (Å²) in [5, 5.41) is 6.59. The van der Waals surface area contributed by atoms with E-state index in [9.17, 15) is 9.18 Å². The number of amides is 1. The largest absolute Gasteiger partial charge is 0.339 e. The van der Waals surface area contributed by atoms with Gasteiger partial charge in [-0.2, -0.15) is 4.98 Å². The summed E-state index contributed by atoms with van der Waals surface area (Å²) in [6.07, 6.45) is 0.672. The van der Waals surface area contributed by atoms with E-state index in [0.717, 1.165) is 5.56 Å². The lowest BCUT2D eigenvalue weighted by molar-refractivity contribution is 0.102. The number of hydrogen-bond acceptors (Lipinski definition) is 4. The molecule has 116 valence electrons. The molecule has 1 amide bonds. The van der Waals surface area contributed by atoms with E-state index in [1.807, 2.05) is 6.92 Å². The smallest absolute Gasteiger partial charge is 0.255 e. The Labute approximate surface area is 132 Å². The molecule has 0 bridgehead atoms. The summed E-state index contributed by atoms with van der Waals surface area (Å²) in [7, 11) is 0. The zero-order chi connectivity index (χ0) is 16.2. The van der Waals surface area contributed by atoms with Gasteiger partial charge in [-0.05, 0) is 36.4 Å². The van der Waals surface area contributed by atoms with Crippen LogP contribution in [0.4, 0.5) is 10.1 Å². The van der Waals surface area contributed by atoms with E-state index in [4.69, 9.17) is 4.52 Å². The van der Waals surface area contributed by atoms with Crippen molar-refractivity contribution in [2.45, 2.75) is 13.3 Å². The molecule has 0 fully saturated rings. The third-order valence-electron chi connectivity index (χ3n) is 3.28. The van der Waals surface area contributed by atoms with Crippen molar-refractivity contribution >= 4 is 11.6 Å². The molecule has 0 unspecified atom stereocenters. The zero-order valence-corrected chi connectivity index (χ0v) is 12.4. The molecule has 5 nitrogen and oxygen atoms in total. The van der Waals surface area contributed by atoms with Gasteiger partial charge < -0.3 is 9.84 Å². The highest BCUT2D eigenvalue weighted by atomic mass is 19.1. The second-order valence-electron chi connectivity index (χ2n) is 4.90. The van der Waals surface area contributed by atoms with E-state index < -0.39 is 0 Å². The Morgan fingerprint density at radius 2 is 1.83 bits per heavy atom. The SMILES string of the molecule is CCc1nc(-c2ccc(C(=O)Nc3ccc(F)cc3)cc2)no1. The fraction of sp³-hybridized carbons (Fsp3) is 0.118. The summed E-state index contributed by atoms with van der Waals surface area (Å²) >= 11 is 0. The minimum Gasteiger partial charge on any atom is -0.339 e. The molecule has 23 heavy (non-hydrogen) atoms. The number of anilines is 1. The lowest BCUT2D eigenvalue weighted by Gasteiger charge is -2.05. The number of carbonyl (C=O) groups is 1. The minimum absolute atomic E-state index is 0.273. The van der Waals surface area contributed by atoms with Crippen molar-refractivity contribution in [2.24, 2.45) is 0 Å². The average molecular weight is 311 g/mol. The number of nitrogens with zero attached hydrogens (tertiary/aromatic N) is 2. The maximum atomic E-state index is 12.8. The quantitative estimate of drug-likeness (QED) is 0.798. The Balaban J connectivity index is 1.73. The molecule has 0 aliphatic rings. The van der Waals surface area contributed by atoms with Crippen LogP contribution in [0.2, 0.25) is 0 Å². The Morgan fingerprint density at radius 3 is 2.43 bits per heavy atom. The Bertz CT molecular complexity index is 811. The van der Waals surface area contributed by atoms with Gasteiger partial charge in [0.2, 0.25) is 11.7 Å².